The van der Waals surface area contributed by atoms with E-state index in [1.807, 2.05) is 23.1 Å². The smallest absolute Gasteiger partial charge is 0.341 e. The van der Waals surface area contributed by atoms with E-state index in [0.717, 1.165) is 28.9 Å². The third-order valence-corrected chi connectivity index (χ3v) is 4.42. The second-order valence-electron chi connectivity index (χ2n) is 5.89. The highest BCUT2D eigenvalue weighted by Crippen LogP contribution is 2.41. The Hall–Kier alpha value is -3.34. The fourth-order valence-electron chi connectivity index (χ4n) is 3.27. The summed E-state index contributed by atoms with van der Waals surface area (Å²) in [6.07, 6.45) is -3.75. The molecule has 1 aliphatic heterocycles. The summed E-state index contributed by atoms with van der Waals surface area (Å²) in [6, 6.07) is 12.8. The molecule has 0 saturated carbocycles. The molecule has 2 aromatic carbocycles. The maximum absolute atomic E-state index is 13.0. The molecule has 130 valence electrons. The van der Waals surface area contributed by atoms with Gasteiger partial charge in [0.25, 0.3) is 0 Å². The highest BCUT2D eigenvalue weighted by molar-refractivity contribution is 5.80. The molecule has 5 nitrogen and oxygen atoms in total. The molecule has 0 unspecified atom stereocenters. The molecule has 0 amide bonds. The molecule has 2 heterocycles. The van der Waals surface area contributed by atoms with Crippen LogP contribution in [-0.4, -0.2) is 22.0 Å². The lowest BCUT2D eigenvalue weighted by molar-refractivity contribution is -0.137. The van der Waals surface area contributed by atoms with E-state index in [-0.39, 0.29) is 5.69 Å². The van der Waals surface area contributed by atoms with Crippen molar-refractivity contribution in [3.8, 4) is 17.3 Å². The van der Waals surface area contributed by atoms with Crippen LogP contribution >= 0.6 is 0 Å². The minimum atomic E-state index is -4.39. The van der Waals surface area contributed by atoms with Gasteiger partial charge in [-0.15, -0.1) is 5.10 Å². The topological polar surface area (TPSA) is 68.6 Å². The Kier molecular flexibility index (Phi) is 3.65. The molecule has 0 saturated heterocycles. The molecule has 3 aromatic rings. The summed E-state index contributed by atoms with van der Waals surface area (Å²) >= 11 is 0. The molecule has 0 aliphatic carbocycles. The van der Waals surface area contributed by atoms with Crippen molar-refractivity contribution in [3.63, 3.8) is 0 Å². The number of alkyl halides is 3. The number of aromatic amines is 1. The molecule has 0 fully saturated rings. The first kappa shape index (κ1) is 16.1. The molecule has 1 aliphatic rings. The van der Waals surface area contributed by atoms with Crippen LogP contribution in [0, 0.1) is 11.3 Å². The Balaban J connectivity index is 1.79. The van der Waals surface area contributed by atoms with Gasteiger partial charge in [0, 0.05) is 23.5 Å². The van der Waals surface area contributed by atoms with Crippen LogP contribution < -0.4 is 4.90 Å². The van der Waals surface area contributed by atoms with Crippen LogP contribution in [0.25, 0.3) is 11.3 Å². The predicted octanol–water partition coefficient (Wildman–Crippen LogP) is 4.06. The molecule has 1 N–H and O–H groups in total. The second kappa shape index (κ2) is 5.88. The minimum Gasteiger partial charge on any atom is -0.341 e. The molecule has 0 spiro atoms. The molecular formula is C18H12F3N5. The lowest BCUT2D eigenvalue weighted by Crippen LogP contribution is -2.14. The molecule has 8 heteroatoms. The van der Waals surface area contributed by atoms with Crippen LogP contribution in [0.5, 0.6) is 0 Å². The van der Waals surface area contributed by atoms with Crippen LogP contribution in [0.1, 0.15) is 16.8 Å². The fraction of sp³-hybridized carbons (Fsp3) is 0.167. The molecule has 0 radical (unpaired) electrons. The SMILES string of the molecule is N#Cc1n[nH]nc1-c1cccc2c1CCN2c1cccc(C(F)(F)F)c1. The minimum absolute atomic E-state index is 0.191. The van der Waals surface area contributed by atoms with Crippen molar-refractivity contribution in [2.45, 2.75) is 12.6 Å². The molecule has 1 aromatic heterocycles. The summed E-state index contributed by atoms with van der Waals surface area (Å²) in [5.41, 5.74) is 2.97. The van der Waals surface area contributed by atoms with Crippen LogP contribution in [0.15, 0.2) is 42.5 Å². The third kappa shape index (κ3) is 2.58. The molecular weight excluding hydrogens is 343 g/mol. The number of nitriles is 1. The van der Waals surface area contributed by atoms with Crippen molar-refractivity contribution >= 4 is 11.4 Å². The van der Waals surface area contributed by atoms with Gasteiger partial charge in [-0.05, 0) is 36.2 Å². The summed E-state index contributed by atoms with van der Waals surface area (Å²) in [5, 5.41) is 19.5. The van der Waals surface area contributed by atoms with Crippen LogP contribution in [0.3, 0.4) is 0 Å². The lowest BCUT2D eigenvalue weighted by atomic mass is 10.0. The number of nitrogens with one attached hydrogen (secondary N) is 1. The largest absolute Gasteiger partial charge is 0.416 e. The zero-order valence-electron chi connectivity index (χ0n) is 13.4. The summed E-state index contributed by atoms with van der Waals surface area (Å²) in [6.45, 7) is 0.549. The zero-order chi connectivity index (χ0) is 18.3. The van der Waals surface area contributed by atoms with Crippen molar-refractivity contribution in [1.82, 2.24) is 15.4 Å². The van der Waals surface area contributed by atoms with Crippen LogP contribution in [0.2, 0.25) is 0 Å². The number of halogens is 3. The van der Waals surface area contributed by atoms with E-state index in [1.165, 1.54) is 6.07 Å². The third-order valence-electron chi connectivity index (χ3n) is 4.42. The summed E-state index contributed by atoms with van der Waals surface area (Å²) in [5.74, 6) is 0. The number of hydrogen-bond acceptors (Lipinski definition) is 4. The molecule has 0 bridgehead atoms. The first-order chi connectivity index (χ1) is 12.5. The number of hydrogen-bond donors (Lipinski definition) is 1. The number of anilines is 2. The van der Waals surface area contributed by atoms with E-state index >= 15 is 0 Å². The second-order valence-corrected chi connectivity index (χ2v) is 5.89. The van der Waals surface area contributed by atoms with Crippen molar-refractivity contribution in [2.75, 3.05) is 11.4 Å². The molecule has 0 atom stereocenters. The van der Waals surface area contributed by atoms with Crippen LogP contribution in [0.4, 0.5) is 24.5 Å². The number of rotatable bonds is 2. The fourth-order valence-corrected chi connectivity index (χ4v) is 3.27. The van der Waals surface area contributed by atoms with E-state index in [2.05, 4.69) is 15.4 Å². The normalized spacial score (nSPS) is 13.5. The summed E-state index contributed by atoms with van der Waals surface area (Å²) in [7, 11) is 0. The number of nitrogens with zero attached hydrogens (tertiary/aromatic N) is 4. The van der Waals surface area contributed by atoms with Gasteiger partial charge < -0.3 is 4.90 Å². The van der Waals surface area contributed by atoms with Gasteiger partial charge in [-0.1, -0.05) is 18.2 Å². The maximum atomic E-state index is 13.0. The first-order valence-corrected chi connectivity index (χ1v) is 7.87. The van der Waals surface area contributed by atoms with Gasteiger partial charge in [-0.2, -0.15) is 28.7 Å². The van der Waals surface area contributed by atoms with Gasteiger partial charge in [0.1, 0.15) is 11.8 Å². The Morgan fingerprint density at radius 1 is 1.12 bits per heavy atom. The highest BCUT2D eigenvalue weighted by atomic mass is 19.4. The standard InChI is InChI=1S/C18H12F3N5/c19-18(20,21)11-3-1-4-12(9-11)26-8-7-13-14(5-2-6-16(13)26)17-15(10-22)23-25-24-17/h1-6,9H,7-8H2,(H,23,24,25). The van der Waals surface area contributed by atoms with E-state index in [1.54, 1.807) is 12.1 Å². The molecule has 4 rings (SSSR count). The van der Waals surface area contributed by atoms with Crippen LogP contribution in [-0.2, 0) is 12.6 Å². The maximum Gasteiger partial charge on any atom is 0.416 e. The number of H-pyrrole nitrogens is 1. The van der Waals surface area contributed by atoms with Crippen molar-refractivity contribution in [3.05, 3.63) is 59.3 Å². The predicted molar refractivity (Wildman–Crippen MR) is 88.7 cm³/mol. The number of benzene rings is 2. The van der Waals surface area contributed by atoms with Crippen molar-refractivity contribution in [2.24, 2.45) is 0 Å². The average Bonchev–Trinajstić information content (AvgIpc) is 3.27. The number of fused-ring (bicyclic) bond motifs is 1. The summed E-state index contributed by atoms with van der Waals surface area (Å²) in [4.78, 5) is 1.85. The summed E-state index contributed by atoms with van der Waals surface area (Å²) < 4.78 is 39.0. The average molecular weight is 355 g/mol. The van der Waals surface area contributed by atoms with Crippen molar-refractivity contribution < 1.29 is 13.2 Å². The van der Waals surface area contributed by atoms with Gasteiger partial charge in [0.05, 0.1) is 5.56 Å². The number of aromatic nitrogens is 3. The Morgan fingerprint density at radius 2 is 1.92 bits per heavy atom. The monoisotopic (exact) mass is 355 g/mol. The van der Waals surface area contributed by atoms with Gasteiger partial charge in [0.2, 0.25) is 0 Å². The Bertz CT molecular complexity index is 1020. The van der Waals surface area contributed by atoms with Crippen molar-refractivity contribution in [1.29, 1.82) is 5.26 Å². The van der Waals surface area contributed by atoms with Gasteiger partial charge >= 0.3 is 6.18 Å². The van der Waals surface area contributed by atoms with Gasteiger partial charge in [-0.3, -0.25) is 0 Å². The van der Waals surface area contributed by atoms with E-state index in [4.69, 9.17) is 5.26 Å². The Morgan fingerprint density at radius 3 is 2.69 bits per heavy atom. The first-order valence-electron chi connectivity index (χ1n) is 7.87. The van der Waals surface area contributed by atoms with E-state index in [0.29, 0.717) is 24.3 Å². The zero-order valence-corrected chi connectivity index (χ0v) is 13.4. The van der Waals surface area contributed by atoms with E-state index in [9.17, 15) is 13.2 Å². The van der Waals surface area contributed by atoms with E-state index < -0.39 is 11.7 Å². The van der Waals surface area contributed by atoms with Gasteiger partial charge in [-0.25, -0.2) is 0 Å². The lowest BCUT2D eigenvalue weighted by Gasteiger charge is -2.21. The quantitative estimate of drug-likeness (QED) is 0.753. The van der Waals surface area contributed by atoms with Gasteiger partial charge in [0.15, 0.2) is 5.69 Å². The highest BCUT2D eigenvalue weighted by Gasteiger charge is 2.32. The Labute approximate surface area is 146 Å². The molecule has 26 heavy (non-hydrogen) atoms.